The van der Waals surface area contributed by atoms with Crippen molar-refractivity contribution in [2.24, 2.45) is 35.5 Å². The van der Waals surface area contributed by atoms with Crippen molar-refractivity contribution in [2.45, 2.75) is 97.7 Å². The van der Waals surface area contributed by atoms with Crippen LogP contribution in [0.3, 0.4) is 0 Å². The van der Waals surface area contributed by atoms with E-state index in [2.05, 4.69) is 0 Å². The van der Waals surface area contributed by atoms with Gasteiger partial charge in [0.15, 0.2) is 16.5 Å². The summed E-state index contributed by atoms with van der Waals surface area (Å²) in [5, 5.41) is 0. The van der Waals surface area contributed by atoms with Crippen LogP contribution in [0.2, 0.25) is 0 Å². The molecular weight excluding hydrogens is 620 g/mol. The topological polar surface area (TPSA) is 97.7 Å². The standard InChI is InChI=1S/C32H34F4O6S2/c33-25-27(35)30(43(37,38)39)28(36)26(34)29(25)42-44(40,41)24-9-22(31-10-16-3-17(11-31)5-18(4-16)12-31)1-2-23(24)32-13-19-6-20(14-32)8-21(7-19)15-32/h1-2,9,16-21H,3-8,10-15H2,(H,37,38,39). The van der Waals surface area contributed by atoms with Crippen molar-refractivity contribution in [3.05, 3.63) is 52.6 Å². The average Bonchev–Trinajstić information content (AvgIpc) is 2.92. The lowest BCUT2D eigenvalue weighted by molar-refractivity contribution is -0.00808. The second kappa shape index (κ2) is 9.44. The van der Waals surface area contributed by atoms with Gasteiger partial charge < -0.3 is 4.18 Å². The molecule has 0 heterocycles. The predicted molar refractivity (Wildman–Crippen MR) is 150 cm³/mol. The highest BCUT2D eigenvalue weighted by atomic mass is 32.2. The van der Waals surface area contributed by atoms with Crippen LogP contribution in [0, 0.1) is 58.8 Å². The van der Waals surface area contributed by atoms with Crippen molar-refractivity contribution >= 4 is 20.2 Å². The molecule has 8 aliphatic rings. The molecule has 1 N–H and O–H groups in total. The van der Waals surface area contributed by atoms with Crippen molar-refractivity contribution in [1.82, 2.24) is 0 Å². The van der Waals surface area contributed by atoms with Gasteiger partial charge in [0.25, 0.3) is 0 Å². The summed E-state index contributed by atoms with van der Waals surface area (Å²) in [6.45, 7) is 0. The first kappa shape index (κ1) is 29.2. The van der Waals surface area contributed by atoms with Crippen LogP contribution < -0.4 is 4.18 Å². The molecule has 0 aliphatic heterocycles. The minimum atomic E-state index is -5.72. The van der Waals surface area contributed by atoms with Gasteiger partial charge in [-0.2, -0.15) is 25.6 Å². The number of halogens is 4. The zero-order chi connectivity index (χ0) is 31.0. The molecule has 0 unspecified atom stereocenters. The Morgan fingerprint density at radius 2 is 1.05 bits per heavy atom. The van der Waals surface area contributed by atoms with Crippen LogP contribution in [0.4, 0.5) is 17.6 Å². The Hall–Kier alpha value is -2.18. The first-order chi connectivity index (χ1) is 20.7. The van der Waals surface area contributed by atoms with Gasteiger partial charge in [0, 0.05) is 0 Å². The molecule has 44 heavy (non-hydrogen) atoms. The third kappa shape index (κ3) is 4.32. The third-order valence-corrected chi connectivity index (χ3v) is 14.3. The molecule has 10 rings (SSSR count). The zero-order valence-corrected chi connectivity index (χ0v) is 25.6. The van der Waals surface area contributed by atoms with Crippen LogP contribution in [0.15, 0.2) is 28.0 Å². The molecule has 8 saturated carbocycles. The van der Waals surface area contributed by atoms with Gasteiger partial charge in [-0.25, -0.2) is 8.78 Å². The summed E-state index contributed by atoms with van der Waals surface area (Å²) in [7, 11) is -10.8. The molecule has 0 radical (unpaired) electrons. The fraction of sp³-hybridized carbons (Fsp3) is 0.625. The molecule has 0 aromatic heterocycles. The highest BCUT2D eigenvalue weighted by Gasteiger charge is 2.55. The Labute approximate surface area is 254 Å². The monoisotopic (exact) mass is 654 g/mol. The van der Waals surface area contributed by atoms with E-state index >= 15 is 8.78 Å². The lowest BCUT2D eigenvalue weighted by Crippen LogP contribution is -2.50. The first-order valence-corrected chi connectivity index (χ1v) is 18.4. The summed E-state index contributed by atoms with van der Waals surface area (Å²) in [6, 6.07) is 5.47. The Kier molecular flexibility index (Phi) is 6.27. The fourth-order valence-electron chi connectivity index (χ4n) is 11.4. The van der Waals surface area contributed by atoms with Crippen LogP contribution in [0.5, 0.6) is 5.75 Å². The molecule has 0 saturated heterocycles. The minimum absolute atomic E-state index is 0.217. The second-order valence-electron chi connectivity index (χ2n) is 15.0. The van der Waals surface area contributed by atoms with E-state index in [4.69, 9.17) is 8.74 Å². The van der Waals surface area contributed by atoms with E-state index in [0.717, 1.165) is 63.4 Å². The van der Waals surface area contributed by atoms with Crippen molar-refractivity contribution in [3.8, 4) is 5.75 Å². The average molecular weight is 655 g/mol. The highest BCUT2D eigenvalue weighted by Crippen LogP contribution is 2.63. The normalized spacial score (nSPS) is 37.1. The van der Waals surface area contributed by atoms with E-state index < -0.39 is 59.6 Å². The molecule has 2 aromatic rings. The van der Waals surface area contributed by atoms with Crippen molar-refractivity contribution in [2.75, 3.05) is 0 Å². The Morgan fingerprint density at radius 3 is 1.45 bits per heavy atom. The van der Waals surface area contributed by atoms with E-state index in [-0.39, 0.29) is 10.3 Å². The summed E-state index contributed by atoms with van der Waals surface area (Å²) >= 11 is 0. The quantitative estimate of drug-likeness (QED) is 0.153. The third-order valence-electron chi connectivity index (χ3n) is 12.1. The summed E-state index contributed by atoms with van der Waals surface area (Å²) in [4.78, 5) is -2.50. The molecular formula is C32H34F4O6S2. The van der Waals surface area contributed by atoms with Gasteiger partial charge in [-0.05, 0) is 141 Å². The SMILES string of the molecule is O=S(=O)(O)c1c(F)c(F)c(OS(=O)(=O)c2cc(C34CC5CC(CC(C5)C3)C4)ccc2C23CC4CC(CC(C4)C2)C3)c(F)c1F. The van der Waals surface area contributed by atoms with Gasteiger partial charge in [0.1, 0.15) is 4.90 Å². The van der Waals surface area contributed by atoms with Crippen LogP contribution in [0.25, 0.3) is 0 Å². The van der Waals surface area contributed by atoms with Crippen molar-refractivity contribution in [1.29, 1.82) is 0 Å². The number of rotatable bonds is 6. The van der Waals surface area contributed by atoms with Crippen LogP contribution >= 0.6 is 0 Å². The highest BCUT2D eigenvalue weighted by molar-refractivity contribution is 7.87. The molecule has 6 nitrogen and oxygen atoms in total. The zero-order valence-electron chi connectivity index (χ0n) is 24.0. The maximum Gasteiger partial charge on any atom is 0.339 e. The molecule has 8 bridgehead atoms. The maximum absolute atomic E-state index is 15.0. The van der Waals surface area contributed by atoms with Gasteiger partial charge in [-0.1, -0.05) is 12.1 Å². The largest absolute Gasteiger partial charge is 0.372 e. The first-order valence-electron chi connectivity index (χ1n) is 15.6. The summed E-state index contributed by atoms with van der Waals surface area (Å²) in [5.41, 5.74) is 0.669. The second-order valence-corrected chi connectivity index (χ2v) is 17.9. The molecule has 8 aliphatic carbocycles. The van der Waals surface area contributed by atoms with E-state index in [0.29, 0.717) is 41.1 Å². The lowest BCUT2D eigenvalue weighted by atomic mass is 9.47. The van der Waals surface area contributed by atoms with Gasteiger partial charge in [0.05, 0.1) is 0 Å². The number of hydrogen-bond donors (Lipinski definition) is 1. The minimum Gasteiger partial charge on any atom is -0.372 e. The number of hydrogen-bond acceptors (Lipinski definition) is 5. The smallest absolute Gasteiger partial charge is 0.339 e. The molecule has 8 fully saturated rings. The maximum atomic E-state index is 15.0. The summed E-state index contributed by atoms with van der Waals surface area (Å²) in [5.74, 6) is -8.54. The van der Waals surface area contributed by atoms with Crippen molar-refractivity contribution in [3.63, 3.8) is 0 Å². The molecule has 0 atom stereocenters. The van der Waals surface area contributed by atoms with Gasteiger partial charge in [-0.3, -0.25) is 4.55 Å². The van der Waals surface area contributed by atoms with E-state index in [1.807, 2.05) is 12.1 Å². The molecule has 12 heteroatoms. The van der Waals surface area contributed by atoms with Crippen LogP contribution in [-0.2, 0) is 31.1 Å². The van der Waals surface area contributed by atoms with E-state index in [1.165, 1.54) is 19.3 Å². The van der Waals surface area contributed by atoms with Crippen LogP contribution in [-0.4, -0.2) is 21.4 Å². The molecule has 2 aromatic carbocycles. The van der Waals surface area contributed by atoms with E-state index in [9.17, 15) is 25.6 Å². The van der Waals surface area contributed by atoms with Gasteiger partial charge in [-0.15, -0.1) is 0 Å². The van der Waals surface area contributed by atoms with E-state index in [1.54, 1.807) is 6.07 Å². The predicted octanol–water partition coefficient (Wildman–Crippen LogP) is 7.19. The summed E-state index contributed by atoms with van der Waals surface area (Å²) < 4.78 is 125. The van der Waals surface area contributed by atoms with Gasteiger partial charge >= 0.3 is 20.2 Å². The molecule has 238 valence electrons. The lowest BCUT2D eigenvalue weighted by Gasteiger charge is -2.58. The Bertz CT molecular complexity index is 1710. The van der Waals surface area contributed by atoms with Crippen LogP contribution in [0.1, 0.15) is 88.2 Å². The summed E-state index contributed by atoms with van der Waals surface area (Å²) in [6.07, 6.45) is 12.0. The number of benzene rings is 2. The molecule has 0 spiro atoms. The van der Waals surface area contributed by atoms with Crippen molar-refractivity contribution < 1.29 is 43.1 Å². The Balaban J connectivity index is 1.27. The van der Waals surface area contributed by atoms with Gasteiger partial charge in [0.2, 0.25) is 17.4 Å². The Morgan fingerprint density at radius 1 is 0.636 bits per heavy atom. The fourth-order valence-corrected chi connectivity index (χ4v) is 13.4. The molecule has 0 amide bonds.